The summed E-state index contributed by atoms with van der Waals surface area (Å²) in [5.74, 6) is -0.739. The third-order valence-electron chi connectivity index (χ3n) is 1.29. The SMILES string of the molecule is CC(=O)/C(=N/O)C(=O)CC(C)C. The monoisotopic (exact) mass is 171 g/mol. The molecule has 0 rings (SSSR count). The fourth-order valence-corrected chi connectivity index (χ4v) is 0.790. The van der Waals surface area contributed by atoms with E-state index in [2.05, 4.69) is 5.16 Å². The topological polar surface area (TPSA) is 66.7 Å². The van der Waals surface area contributed by atoms with E-state index in [9.17, 15) is 9.59 Å². The van der Waals surface area contributed by atoms with Crippen LogP contribution in [0.5, 0.6) is 0 Å². The Hall–Kier alpha value is -1.19. The molecule has 0 aliphatic carbocycles. The second-order valence-electron chi connectivity index (χ2n) is 3.03. The third-order valence-corrected chi connectivity index (χ3v) is 1.29. The molecule has 0 aliphatic rings. The normalized spacial score (nSPS) is 11.8. The maximum Gasteiger partial charge on any atom is 0.188 e. The van der Waals surface area contributed by atoms with Gasteiger partial charge in [-0.3, -0.25) is 9.59 Å². The zero-order chi connectivity index (χ0) is 9.72. The molecule has 0 unspecified atom stereocenters. The van der Waals surface area contributed by atoms with Gasteiger partial charge < -0.3 is 5.21 Å². The first-order valence-electron chi connectivity index (χ1n) is 3.75. The minimum absolute atomic E-state index is 0.161. The van der Waals surface area contributed by atoms with Crippen LogP contribution in [0.25, 0.3) is 0 Å². The van der Waals surface area contributed by atoms with Gasteiger partial charge in [-0.15, -0.1) is 0 Å². The zero-order valence-electron chi connectivity index (χ0n) is 7.50. The van der Waals surface area contributed by atoms with Crippen molar-refractivity contribution >= 4 is 17.3 Å². The molecule has 0 saturated heterocycles. The van der Waals surface area contributed by atoms with E-state index in [1.165, 1.54) is 6.92 Å². The van der Waals surface area contributed by atoms with Crippen molar-refractivity contribution in [3.05, 3.63) is 0 Å². The summed E-state index contributed by atoms with van der Waals surface area (Å²) in [4.78, 5) is 21.8. The summed E-state index contributed by atoms with van der Waals surface area (Å²) in [5.41, 5.74) is -0.358. The number of oxime groups is 1. The average Bonchev–Trinajstić information content (AvgIpc) is 1.85. The lowest BCUT2D eigenvalue weighted by molar-refractivity contribution is -0.116. The van der Waals surface area contributed by atoms with Gasteiger partial charge in [0.2, 0.25) is 0 Å². The van der Waals surface area contributed by atoms with Crippen LogP contribution >= 0.6 is 0 Å². The van der Waals surface area contributed by atoms with Gasteiger partial charge >= 0.3 is 0 Å². The predicted molar refractivity (Wildman–Crippen MR) is 44.4 cm³/mol. The van der Waals surface area contributed by atoms with Crippen molar-refractivity contribution in [1.82, 2.24) is 0 Å². The minimum atomic E-state index is -0.497. The van der Waals surface area contributed by atoms with Gasteiger partial charge in [-0.2, -0.15) is 0 Å². The van der Waals surface area contributed by atoms with Crippen molar-refractivity contribution in [2.45, 2.75) is 27.2 Å². The molecule has 0 aromatic heterocycles. The Morgan fingerprint density at radius 1 is 1.42 bits per heavy atom. The number of hydrogen-bond donors (Lipinski definition) is 1. The van der Waals surface area contributed by atoms with E-state index in [1.807, 2.05) is 13.8 Å². The molecule has 0 aromatic rings. The van der Waals surface area contributed by atoms with Crippen molar-refractivity contribution in [2.24, 2.45) is 11.1 Å². The molecule has 4 heteroatoms. The Morgan fingerprint density at radius 2 is 1.92 bits per heavy atom. The molecule has 0 atom stereocenters. The first-order valence-corrected chi connectivity index (χ1v) is 3.75. The quantitative estimate of drug-likeness (QED) is 0.297. The standard InChI is InChI=1S/C8H13NO3/c1-5(2)4-7(11)8(9-12)6(3)10/h5,12H,4H2,1-3H3/b9-8-. The molecular weight excluding hydrogens is 158 g/mol. The molecule has 0 aromatic carbocycles. The predicted octanol–water partition coefficient (Wildman–Crippen LogP) is 1.02. The van der Waals surface area contributed by atoms with Crippen LogP contribution < -0.4 is 0 Å². The van der Waals surface area contributed by atoms with Crippen LogP contribution in [0, 0.1) is 5.92 Å². The van der Waals surface area contributed by atoms with Crippen LogP contribution in [0.15, 0.2) is 5.16 Å². The lowest BCUT2D eigenvalue weighted by Gasteiger charge is -2.01. The number of hydrogen-bond acceptors (Lipinski definition) is 4. The van der Waals surface area contributed by atoms with E-state index in [4.69, 9.17) is 5.21 Å². The highest BCUT2D eigenvalue weighted by atomic mass is 16.4. The van der Waals surface area contributed by atoms with Gasteiger partial charge in [0, 0.05) is 13.3 Å². The smallest absolute Gasteiger partial charge is 0.188 e. The zero-order valence-corrected chi connectivity index (χ0v) is 7.50. The maximum absolute atomic E-state index is 11.1. The van der Waals surface area contributed by atoms with E-state index >= 15 is 0 Å². The number of Topliss-reactive ketones (excluding diaryl/α,β-unsaturated/α-hetero) is 2. The van der Waals surface area contributed by atoms with Gasteiger partial charge in [0.15, 0.2) is 17.3 Å². The maximum atomic E-state index is 11.1. The van der Waals surface area contributed by atoms with E-state index in [0.29, 0.717) is 0 Å². The summed E-state index contributed by atoms with van der Waals surface area (Å²) in [5, 5.41) is 11.0. The van der Waals surface area contributed by atoms with Crippen molar-refractivity contribution in [3.63, 3.8) is 0 Å². The van der Waals surface area contributed by atoms with E-state index < -0.39 is 11.6 Å². The molecular formula is C8H13NO3. The molecule has 0 bridgehead atoms. The molecule has 1 N–H and O–H groups in total. The molecule has 0 heterocycles. The number of carbonyl (C=O) groups is 2. The van der Waals surface area contributed by atoms with Crippen LogP contribution in [0.1, 0.15) is 27.2 Å². The Labute approximate surface area is 71.3 Å². The average molecular weight is 171 g/mol. The van der Waals surface area contributed by atoms with E-state index in [-0.39, 0.29) is 18.1 Å². The highest BCUT2D eigenvalue weighted by Crippen LogP contribution is 2.01. The molecule has 0 amide bonds. The summed E-state index contributed by atoms with van der Waals surface area (Å²) in [6, 6.07) is 0. The summed E-state index contributed by atoms with van der Waals surface area (Å²) >= 11 is 0. The molecule has 12 heavy (non-hydrogen) atoms. The highest BCUT2D eigenvalue weighted by Gasteiger charge is 2.17. The van der Waals surface area contributed by atoms with Crippen LogP contribution in [-0.2, 0) is 9.59 Å². The Balaban J connectivity index is 4.35. The summed E-state index contributed by atoms with van der Waals surface area (Å²) < 4.78 is 0. The first kappa shape index (κ1) is 10.8. The number of nitrogens with zero attached hydrogens (tertiary/aromatic N) is 1. The van der Waals surface area contributed by atoms with Gasteiger partial charge in [0.25, 0.3) is 0 Å². The molecule has 0 aliphatic heterocycles. The summed E-state index contributed by atoms with van der Waals surface area (Å²) in [6.45, 7) is 4.91. The highest BCUT2D eigenvalue weighted by molar-refractivity contribution is 6.65. The van der Waals surface area contributed by atoms with Gasteiger partial charge in [-0.05, 0) is 5.92 Å². The van der Waals surface area contributed by atoms with Gasteiger partial charge in [0.05, 0.1) is 0 Å². The molecule has 0 radical (unpaired) electrons. The van der Waals surface area contributed by atoms with Crippen molar-refractivity contribution < 1.29 is 14.8 Å². The van der Waals surface area contributed by atoms with Gasteiger partial charge in [-0.25, -0.2) is 0 Å². The Morgan fingerprint density at radius 3 is 2.17 bits per heavy atom. The van der Waals surface area contributed by atoms with E-state index in [0.717, 1.165) is 0 Å². The Bertz CT molecular complexity index is 218. The van der Waals surface area contributed by atoms with Crippen molar-refractivity contribution in [1.29, 1.82) is 0 Å². The summed E-state index contributed by atoms with van der Waals surface area (Å²) in [6.07, 6.45) is 0.235. The summed E-state index contributed by atoms with van der Waals surface area (Å²) in [7, 11) is 0. The van der Waals surface area contributed by atoms with Gasteiger partial charge in [-0.1, -0.05) is 19.0 Å². The molecule has 0 saturated carbocycles. The number of carbonyl (C=O) groups excluding carboxylic acids is 2. The number of ketones is 2. The fourth-order valence-electron chi connectivity index (χ4n) is 0.790. The second kappa shape index (κ2) is 4.64. The Kier molecular flexibility index (Phi) is 4.18. The minimum Gasteiger partial charge on any atom is -0.410 e. The van der Waals surface area contributed by atoms with Gasteiger partial charge in [0.1, 0.15) is 0 Å². The lowest BCUT2D eigenvalue weighted by Crippen LogP contribution is -2.23. The van der Waals surface area contributed by atoms with Crippen LogP contribution in [-0.4, -0.2) is 22.5 Å². The molecule has 0 spiro atoms. The van der Waals surface area contributed by atoms with Crippen LogP contribution in [0.2, 0.25) is 0 Å². The third kappa shape index (κ3) is 3.27. The largest absolute Gasteiger partial charge is 0.410 e. The van der Waals surface area contributed by atoms with Crippen LogP contribution in [0.3, 0.4) is 0 Å². The fraction of sp³-hybridized carbons (Fsp3) is 0.625. The molecule has 68 valence electrons. The molecule has 0 fully saturated rings. The molecule has 4 nitrogen and oxygen atoms in total. The lowest BCUT2D eigenvalue weighted by atomic mass is 10.0. The van der Waals surface area contributed by atoms with E-state index in [1.54, 1.807) is 0 Å². The number of rotatable bonds is 4. The van der Waals surface area contributed by atoms with Crippen molar-refractivity contribution in [2.75, 3.05) is 0 Å². The first-order chi connectivity index (χ1) is 5.49. The van der Waals surface area contributed by atoms with Crippen molar-refractivity contribution in [3.8, 4) is 0 Å². The second-order valence-corrected chi connectivity index (χ2v) is 3.03. The van der Waals surface area contributed by atoms with Crippen LogP contribution in [0.4, 0.5) is 0 Å².